The summed E-state index contributed by atoms with van der Waals surface area (Å²) in [6.45, 7) is 28.6. The molecular formula is C24H56O8Si6. The summed E-state index contributed by atoms with van der Waals surface area (Å²) in [5.41, 5.74) is -2.88. The Morgan fingerprint density at radius 1 is 0.632 bits per heavy atom. The van der Waals surface area contributed by atoms with Gasteiger partial charge in [0.1, 0.15) is 32.2 Å². The molecule has 0 radical (unpaired) electrons. The largest absolute Gasteiger partial charge is 0.466 e. The molecule has 0 aliphatic rings. The fraction of sp³-hybridized carbons (Fsp3) is 0.833. The minimum absolute atomic E-state index is 0.101. The molecule has 38 heavy (non-hydrogen) atoms. The first-order valence-electron chi connectivity index (χ1n) is 13.3. The van der Waals surface area contributed by atoms with Gasteiger partial charge in [0.2, 0.25) is 0 Å². The van der Waals surface area contributed by atoms with E-state index < -0.39 is 70.1 Å². The summed E-state index contributed by atoms with van der Waals surface area (Å²) >= 11 is 0. The Morgan fingerprint density at radius 2 is 0.895 bits per heavy atom. The van der Waals surface area contributed by atoms with Crippen LogP contribution < -0.4 is 0 Å². The number of carbonyl (C=O) groups is 2. The van der Waals surface area contributed by atoms with Crippen LogP contribution in [0.2, 0.25) is 39.3 Å². The third-order valence-corrected chi connectivity index (χ3v) is 15.7. The molecule has 0 N–H and O–H groups in total. The lowest BCUT2D eigenvalue weighted by Crippen LogP contribution is -2.56. The summed E-state index contributed by atoms with van der Waals surface area (Å²) in [6.07, 6.45) is 2.29. The lowest BCUT2D eigenvalue weighted by molar-refractivity contribution is -0.170. The van der Waals surface area contributed by atoms with E-state index in [0.29, 0.717) is 21.0 Å². The second-order valence-corrected chi connectivity index (χ2v) is 29.7. The van der Waals surface area contributed by atoms with Gasteiger partial charge in [-0.25, -0.2) is 9.59 Å². The van der Waals surface area contributed by atoms with Crippen molar-refractivity contribution in [1.82, 2.24) is 0 Å². The highest BCUT2D eigenvalue weighted by molar-refractivity contribution is 6.70. The number of hydrogen-bond acceptors (Lipinski definition) is 8. The SMILES string of the molecule is CC(C)(OC(=O)/C=C/C(=O)OC(C)(C)C(C)(C)C(O[Si](C)(C)C)[SiH2]O[SiH3])C(C)(C)C(O[Si](C)(C)C)[SiH2]O[SiH3]. The Labute approximate surface area is 244 Å². The van der Waals surface area contributed by atoms with Crippen LogP contribution in [0.4, 0.5) is 0 Å². The summed E-state index contributed by atoms with van der Waals surface area (Å²) in [6, 6.07) is 0. The minimum atomic E-state index is -1.84. The normalized spacial score (nSPS) is 16.7. The van der Waals surface area contributed by atoms with Gasteiger partial charge in [0.25, 0.3) is 0 Å². The zero-order valence-corrected chi connectivity index (χ0v) is 35.8. The van der Waals surface area contributed by atoms with Gasteiger partial charge in [-0.05, 0) is 67.0 Å². The molecule has 0 saturated carbocycles. The number of hydrogen-bond donors (Lipinski definition) is 0. The lowest BCUT2D eigenvalue weighted by atomic mass is 9.77. The smallest absolute Gasteiger partial charge is 0.331 e. The van der Waals surface area contributed by atoms with Crippen LogP contribution in [0.5, 0.6) is 0 Å². The summed E-state index contributed by atoms with van der Waals surface area (Å²) in [5, 5.41) is 0. The summed E-state index contributed by atoms with van der Waals surface area (Å²) < 4.78 is 36.1. The van der Waals surface area contributed by atoms with Gasteiger partial charge < -0.3 is 26.6 Å². The fourth-order valence-corrected chi connectivity index (χ4v) is 13.8. The molecule has 0 aromatic heterocycles. The molecule has 224 valence electrons. The molecule has 0 aromatic carbocycles. The average molecular weight is 641 g/mol. The summed E-state index contributed by atoms with van der Waals surface area (Å²) in [5.74, 6) is -1.21. The molecule has 8 nitrogen and oxygen atoms in total. The van der Waals surface area contributed by atoms with Crippen LogP contribution in [0.3, 0.4) is 0 Å². The molecular weight excluding hydrogens is 585 g/mol. The van der Waals surface area contributed by atoms with Crippen molar-refractivity contribution < 1.29 is 36.1 Å². The zero-order chi connectivity index (χ0) is 30.4. The van der Waals surface area contributed by atoms with Crippen molar-refractivity contribution in [1.29, 1.82) is 0 Å². The van der Waals surface area contributed by atoms with E-state index in [1.165, 1.54) is 0 Å². The molecule has 0 amide bonds. The molecule has 0 aromatic rings. The number of ether oxygens (including phenoxy) is 2. The van der Waals surface area contributed by atoms with Crippen LogP contribution in [-0.2, 0) is 36.1 Å². The lowest BCUT2D eigenvalue weighted by Gasteiger charge is -2.47. The molecule has 0 fully saturated rings. The van der Waals surface area contributed by atoms with E-state index in [1.54, 1.807) is 0 Å². The van der Waals surface area contributed by atoms with Crippen molar-refractivity contribution in [2.24, 2.45) is 10.8 Å². The third kappa shape index (κ3) is 11.7. The van der Waals surface area contributed by atoms with Crippen molar-refractivity contribution in [2.75, 3.05) is 0 Å². The van der Waals surface area contributed by atoms with E-state index in [1.807, 2.05) is 55.4 Å². The maximum Gasteiger partial charge on any atom is 0.331 e. The molecule has 0 spiro atoms. The molecule has 0 rings (SSSR count). The van der Waals surface area contributed by atoms with Crippen LogP contribution in [0.25, 0.3) is 0 Å². The van der Waals surface area contributed by atoms with E-state index in [4.69, 9.17) is 26.6 Å². The molecule has 0 aliphatic carbocycles. The Balaban J connectivity index is 5.58. The predicted molar refractivity (Wildman–Crippen MR) is 173 cm³/mol. The van der Waals surface area contributed by atoms with Gasteiger partial charge in [0.05, 0.1) is 11.5 Å². The molecule has 2 atom stereocenters. The van der Waals surface area contributed by atoms with Gasteiger partial charge in [-0.2, -0.15) is 0 Å². The Bertz CT molecular complexity index is 750. The fourth-order valence-electron chi connectivity index (χ4n) is 3.68. The van der Waals surface area contributed by atoms with Crippen molar-refractivity contribution in [3.05, 3.63) is 12.2 Å². The average Bonchev–Trinajstić information content (AvgIpc) is 2.68. The summed E-state index contributed by atoms with van der Waals surface area (Å²) in [7, 11) is -4.29. The Hall–Kier alpha value is -0.179. The number of carbonyl (C=O) groups excluding carboxylic acids is 2. The van der Waals surface area contributed by atoms with E-state index in [0.717, 1.165) is 12.2 Å². The Morgan fingerprint density at radius 3 is 1.11 bits per heavy atom. The van der Waals surface area contributed by atoms with Crippen molar-refractivity contribution in [3.8, 4) is 0 Å². The van der Waals surface area contributed by atoms with Gasteiger partial charge in [0, 0.05) is 23.0 Å². The van der Waals surface area contributed by atoms with E-state index in [-0.39, 0.29) is 11.5 Å². The predicted octanol–water partition coefficient (Wildman–Crippen LogP) is 1.36. The highest BCUT2D eigenvalue weighted by Gasteiger charge is 2.49. The topological polar surface area (TPSA) is 89.5 Å². The van der Waals surface area contributed by atoms with Crippen molar-refractivity contribution in [2.45, 2.75) is 117 Å². The van der Waals surface area contributed by atoms with E-state index >= 15 is 0 Å². The van der Waals surface area contributed by atoms with Gasteiger partial charge in [-0.1, -0.05) is 27.7 Å². The first-order chi connectivity index (χ1) is 16.8. The molecule has 14 heteroatoms. The number of rotatable bonds is 16. The standard InChI is InChI=1S/C24H56O8Si6/c1-21(2,19(35-31-33)29-37(9,10)11)23(5,6)27-17(25)15-16-18(26)28-24(7,8)22(3,4)20(36-32-34)30-38(12,13)14/h15-16,19-20H,35-36H2,1-14,33-34H3/b16-15+. The monoisotopic (exact) mass is 640 g/mol. The van der Waals surface area contributed by atoms with Gasteiger partial charge in [0.15, 0.2) is 36.2 Å². The first-order valence-corrected chi connectivity index (χ1v) is 24.5. The van der Waals surface area contributed by atoms with Crippen LogP contribution in [0.1, 0.15) is 55.4 Å². The molecule has 0 saturated heterocycles. The van der Waals surface area contributed by atoms with Gasteiger partial charge >= 0.3 is 11.9 Å². The quantitative estimate of drug-likeness (QED) is 0.142. The van der Waals surface area contributed by atoms with Crippen LogP contribution in [-0.4, -0.2) is 91.7 Å². The molecule has 0 bridgehead atoms. The third-order valence-electron chi connectivity index (χ3n) is 7.41. The highest BCUT2D eigenvalue weighted by Crippen LogP contribution is 2.41. The van der Waals surface area contributed by atoms with Crippen LogP contribution >= 0.6 is 0 Å². The van der Waals surface area contributed by atoms with Gasteiger partial charge in [-0.3, -0.25) is 0 Å². The van der Waals surface area contributed by atoms with Crippen LogP contribution in [0, 0.1) is 10.8 Å². The molecule has 2 unspecified atom stereocenters. The molecule has 0 heterocycles. The summed E-state index contributed by atoms with van der Waals surface area (Å²) in [4.78, 5) is 25.6. The van der Waals surface area contributed by atoms with Gasteiger partial charge in [-0.15, -0.1) is 0 Å². The zero-order valence-electron chi connectivity index (χ0n) is 27.0. The number of esters is 2. The second-order valence-electron chi connectivity index (χ2n) is 14.0. The second kappa shape index (κ2) is 14.1. The van der Waals surface area contributed by atoms with E-state index in [9.17, 15) is 9.59 Å². The molecule has 0 aliphatic heterocycles. The first kappa shape index (κ1) is 37.8. The van der Waals surface area contributed by atoms with E-state index in [2.05, 4.69) is 39.3 Å². The maximum absolute atomic E-state index is 12.8. The maximum atomic E-state index is 12.8. The van der Waals surface area contributed by atoms with Crippen molar-refractivity contribution >= 4 is 69.1 Å². The highest BCUT2D eigenvalue weighted by atomic mass is 28.4. The van der Waals surface area contributed by atoms with Crippen molar-refractivity contribution in [3.63, 3.8) is 0 Å². The van der Waals surface area contributed by atoms with Crippen LogP contribution in [0.15, 0.2) is 12.2 Å². The Kier molecular flexibility index (Phi) is 14.1. The minimum Gasteiger partial charge on any atom is -0.466 e.